The lowest BCUT2D eigenvalue weighted by Gasteiger charge is -2.31. The SMILES string of the molecule is Fc1ccc(C2CN(c3nc(-c4ccccc4)no3)CCO2)cc1. The highest BCUT2D eigenvalue weighted by atomic mass is 19.1. The molecule has 2 aromatic carbocycles. The van der Waals surface area contributed by atoms with Gasteiger partial charge in [-0.25, -0.2) is 4.39 Å². The number of hydrogen-bond donors (Lipinski definition) is 0. The molecule has 3 aromatic rings. The van der Waals surface area contributed by atoms with Crippen LogP contribution in [0.3, 0.4) is 0 Å². The first-order valence-electron chi connectivity index (χ1n) is 7.81. The fourth-order valence-electron chi connectivity index (χ4n) is 2.75. The van der Waals surface area contributed by atoms with E-state index in [0.29, 0.717) is 31.5 Å². The summed E-state index contributed by atoms with van der Waals surface area (Å²) in [6.45, 7) is 1.81. The number of halogens is 1. The van der Waals surface area contributed by atoms with E-state index < -0.39 is 0 Å². The molecule has 1 saturated heterocycles. The van der Waals surface area contributed by atoms with E-state index in [0.717, 1.165) is 11.1 Å². The van der Waals surface area contributed by atoms with Gasteiger partial charge in [-0.15, -0.1) is 0 Å². The summed E-state index contributed by atoms with van der Waals surface area (Å²) in [5, 5.41) is 4.05. The molecule has 2 heterocycles. The van der Waals surface area contributed by atoms with E-state index in [1.807, 2.05) is 35.2 Å². The summed E-state index contributed by atoms with van der Waals surface area (Å²) in [6.07, 6.45) is -0.147. The van der Waals surface area contributed by atoms with Crippen molar-refractivity contribution in [1.82, 2.24) is 10.1 Å². The molecule has 24 heavy (non-hydrogen) atoms. The average molecular weight is 325 g/mol. The van der Waals surface area contributed by atoms with Crippen LogP contribution in [0.2, 0.25) is 0 Å². The first-order chi connectivity index (χ1) is 11.8. The molecule has 0 saturated carbocycles. The number of hydrogen-bond acceptors (Lipinski definition) is 5. The molecule has 0 bridgehead atoms. The first-order valence-corrected chi connectivity index (χ1v) is 7.81. The molecule has 1 fully saturated rings. The predicted octanol–water partition coefficient (Wildman–Crippen LogP) is 3.45. The van der Waals surface area contributed by atoms with Crippen LogP contribution in [0, 0.1) is 5.82 Å². The van der Waals surface area contributed by atoms with Gasteiger partial charge in [0.25, 0.3) is 0 Å². The second kappa shape index (κ2) is 6.41. The van der Waals surface area contributed by atoms with E-state index in [2.05, 4.69) is 10.1 Å². The van der Waals surface area contributed by atoms with Crippen molar-refractivity contribution >= 4 is 6.01 Å². The molecule has 0 amide bonds. The molecule has 1 aliphatic rings. The van der Waals surface area contributed by atoms with Gasteiger partial charge >= 0.3 is 6.01 Å². The molecular formula is C18H16FN3O2. The number of anilines is 1. The maximum absolute atomic E-state index is 13.1. The summed E-state index contributed by atoms with van der Waals surface area (Å²) >= 11 is 0. The Morgan fingerprint density at radius 1 is 1.04 bits per heavy atom. The van der Waals surface area contributed by atoms with Crippen molar-refractivity contribution in [1.29, 1.82) is 0 Å². The molecule has 1 aromatic heterocycles. The predicted molar refractivity (Wildman–Crippen MR) is 87.0 cm³/mol. The molecule has 0 spiro atoms. The maximum Gasteiger partial charge on any atom is 0.324 e. The van der Waals surface area contributed by atoms with Crippen molar-refractivity contribution in [3.63, 3.8) is 0 Å². The minimum atomic E-state index is -0.254. The fourth-order valence-corrected chi connectivity index (χ4v) is 2.75. The van der Waals surface area contributed by atoms with Crippen LogP contribution in [0.25, 0.3) is 11.4 Å². The van der Waals surface area contributed by atoms with Gasteiger partial charge in [0.15, 0.2) is 0 Å². The number of benzene rings is 2. The summed E-state index contributed by atoms with van der Waals surface area (Å²) in [5.74, 6) is 0.311. The Morgan fingerprint density at radius 2 is 1.83 bits per heavy atom. The molecule has 6 heteroatoms. The summed E-state index contributed by atoms with van der Waals surface area (Å²) in [4.78, 5) is 6.48. The normalized spacial score (nSPS) is 17.9. The lowest BCUT2D eigenvalue weighted by Crippen LogP contribution is -2.38. The summed E-state index contributed by atoms with van der Waals surface area (Å²) in [7, 11) is 0. The molecule has 1 aliphatic heterocycles. The highest BCUT2D eigenvalue weighted by Gasteiger charge is 2.25. The van der Waals surface area contributed by atoms with Gasteiger partial charge < -0.3 is 14.2 Å². The number of morpholine rings is 1. The Labute approximate surface area is 138 Å². The zero-order chi connectivity index (χ0) is 16.4. The van der Waals surface area contributed by atoms with Crippen molar-refractivity contribution in [2.75, 3.05) is 24.6 Å². The van der Waals surface area contributed by atoms with E-state index in [1.54, 1.807) is 12.1 Å². The molecule has 122 valence electrons. The van der Waals surface area contributed by atoms with E-state index in [1.165, 1.54) is 12.1 Å². The van der Waals surface area contributed by atoms with Crippen LogP contribution in [0.5, 0.6) is 0 Å². The van der Waals surface area contributed by atoms with Gasteiger partial charge in [0, 0.05) is 12.1 Å². The minimum Gasteiger partial charge on any atom is -0.370 e. The smallest absolute Gasteiger partial charge is 0.324 e. The Bertz CT molecular complexity index is 805. The first kappa shape index (κ1) is 14.8. The van der Waals surface area contributed by atoms with Crippen LogP contribution in [-0.4, -0.2) is 29.8 Å². The summed E-state index contributed by atoms with van der Waals surface area (Å²) < 4.78 is 24.3. The molecule has 0 aliphatic carbocycles. The average Bonchev–Trinajstić information content (AvgIpc) is 3.13. The van der Waals surface area contributed by atoms with Crippen molar-refractivity contribution in [2.45, 2.75) is 6.10 Å². The van der Waals surface area contributed by atoms with Crippen molar-refractivity contribution in [3.8, 4) is 11.4 Å². The van der Waals surface area contributed by atoms with E-state index in [4.69, 9.17) is 9.26 Å². The number of nitrogens with zero attached hydrogens (tertiary/aromatic N) is 3. The summed E-state index contributed by atoms with van der Waals surface area (Å²) in [5.41, 5.74) is 1.85. The van der Waals surface area contributed by atoms with Crippen molar-refractivity contribution < 1.29 is 13.7 Å². The second-order valence-electron chi connectivity index (χ2n) is 5.62. The van der Waals surface area contributed by atoms with E-state index in [9.17, 15) is 4.39 Å². The maximum atomic E-state index is 13.1. The highest BCUT2D eigenvalue weighted by molar-refractivity contribution is 5.55. The molecule has 1 atom stereocenters. The van der Waals surface area contributed by atoms with Crippen LogP contribution >= 0.6 is 0 Å². The Kier molecular flexibility index (Phi) is 3.96. The van der Waals surface area contributed by atoms with Gasteiger partial charge in [0.1, 0.15) is 11.9 Å². The molecule has 0 radical (unpaired) electrons. The van der Waals surface area contributed by atoms with Crippen LogP contribution in [0.15, 0.2) is 59.1 Å². The Hall–Kier alpha value is -2.73. The molecule has 5 nitrogen and oxygen atoms in total. The van der Waals surface area contributed by atoms with Crippen molar-refractivity contribution in [2.24, 2.45) is 0 Å². The van der Waals surface area contributed by atoms with Gasteiger partial charge in [0.2, 0.25) is 5.82 Å². The Balaban J connectivity index is 1.52. The van der Waals surface area contributed by atoms with Gasteiger partial charge in [-0.2, -0.15) is 4.98 Å². The largest absolute Gasteiger partial charge is 0.370 e. The lowest BCUT2D eigenvalue weighted by atomic mass is 10.1. The number of aromatic nitrogens is 2. The van der Waals surface area contributed by atoms with Crippen molar-refractivity contribution in [3.05, 3.63) is 66.0 Å². The number of rotatable bonds is 3. The molecular weight excluding hydrogens is 309 g/mol. The minimum absolute atomic E-state index is 0.147. The third kappa shape index (κ3) is 3.00. The lowest BCUT2D eigenvalue weighted by molar-refractivity contribution is 0.0376. The zero-order valence-corrected chi connectivity index (χ0v) is 12.9. The topological polar surface area (TPSA) is 51.4 Å². The third-order valence-electron chi connectivity index (χ3n) is 4.03. The molecule has 0 N–H and O–H groups in total. The monoisotopic (exact) mass is 325 g/mol. The van der Waals surface area contributed by atoms with Gasteiger partial charge in [-0.3, -0.25) is 0 Å². The van der Waals surface area contributed by atoms with E-state index in [-0.39, 0.29) is 11.9 Å². The van der Waals surface area contributed by atoms with Crippen LogP contribution < -0.4 is 4.90 Å². The molecule has 4 rings (SSSR count). The highest BCUT2D eigenvalue weighted by Crippen LogP contribution is 2.26. The van der Waals surface area contributed by atoms with Gasteiger partial charge in [-0.1, -0.05) is 47.6 Å². The molecule has 1 unspecified atom stereocenters. The third-order valence-corrected chi connectivity index (χ3v) is 4.03. The Morgan fingerprint density at radius 3 is 2.62 bits per heavy atom. The van der Waals surface area contributed by atoms with Gasteiger partial charge in [0.05, 0.1) is 13.2 Å². The summed E-state index contributed by atoms with van der Waals surface area (Å²) in [6, 6.07) is 16.5. The zero-order valence-electron chi connectivity index (χ0n) is 12.9. The van der Waals surface area contributed by atoms with Crippen LogP contribution in [0.1, 0.15) is 11.7 Å². The van der Waals surface area contributed by atoms with Gasteiger partial charge in [-0.05, 0) is 17.7 Å². The number of ether oxygens (including phenoxy) is 1. The van der Waals surface area contributed by atoms with E-state index >= 15 is 0 Å². The quantitative estimate of drug-likeness (QED) is 0.738. The standard InChI is InChI=1S/C18H16FN3O2/c19-15-8-6-13(7-9-15)16-12-22(10-11-23-16)18-20-17(21-24-18)14-4-2-1-3-5-14/h1-9,16H,10-12H2. The van der Waals surface area contributed by atoms with Crippen LogP contribution in [-0.2, 0) is 4.74 Å². The van der Waals surface area contributed by atoms with Crippen LogP contribution in [0.4, 0.5) is 10.4 Å². The fraction of sp³-hybridized carbons (Fsp3) is 0.222. The second-order valence-corrected chi connectivity index (χ2v) is 5.62.